The van der Waals surface area contributed by atoms with E-state index in [4.69, 9.17) is 0 Å². The van der Waals surface area contributed by atoms with E-state index in [1.807, 2.05) is 6.92 Å². The van der Waals surface area contributed by atoms with Gasteiger partial charge in [-0.05, 0) is 25.0 Å². The third-order valence-corrected chi connectivity index (χ3v) is 3.66. The highest BCUT2D eigenvalue weighted by Gasteiger charge is 2.33. The van der Waals surface area contributed by atoms with Crippen molar-refractivity contribution in [1.82, 2.24) is 4.90 Å². The van der Waals surface area contributed by atoms with E-state index >= 15 is 0 Å². The first kappa shape index (κ1) is 12.9. The summed E-state index contributed by atoms with van der Waals surface area (Å²) in [7, 11) is -0.0292. The van der Waals surface area contributed by atoms with E-state index in [1.54, 1.807) is 24.3 Å². The van der Waals surface area contributed by atoms with Crippen LogP contribution in [-0.2, 0) is 15.5 Å². The van der Waals surface area contributed by atoms with Crippen molar-refractivity contribution < 1.29 is 14.2 Å². The number of imide groups is 1. The standard InChI is InChI=1S/C13H14NO3P/c1-9-6-7-12(15)14(9)13(16)11-5-3-2-4-10(11)8-18-17/h2-5,9H,6-8H2,1H3/t9-/m1/s1. The predicted octanol–water partition coefficient (Wildman–Crippen LogP) is 2.63. The van der Waals surface area contributed by atoms with Crippen molar-refractivity contribution in [3.05, 3.63) is 35.4 Å². The highest BCUT2D eigenvalue weighted by atomic mass is 31.1. The fourth-order valence-corrected chi connectivity index (χ4v) is 2.62. The Bertz CT molecular complexity index is 501. The van der Waals surface area contributed by atoms with Crippen LogP contribution < -0.4 is 0 Å². The maximum atomic E-state index is 12.4. The number of benzene rings is 1. The molecule has 5 heteroatoms. The molecule has 1 aliphatic heterocycles. The van der Waals surface area contributed by atoms with Crippen molar-refractivity contribution in [1.29, 1.82) is 0 Å². The van der Waals surface area contributed by atoms with Crippen LogP contribution in [0.3, 0.4) is 0 Å². The first-order chi connectivity index (χ1) is 8.65. The van der Waals surface area contributed by atoms with Crippen molar-refractivity contribution in [2.24, 2.45) is 0 Å². The third-order valence-electron chi connectivity index (χ3n) is 3.19. The zero-order valence-electron chi connectivity index (χ0n) is 10.1. The number of nitrogens with zero attached hydrogens (tertiary/aromatic N) is 1. The van der Waals surface area contributed by atoms with E-state index in [9.17, 15) is 14.2 Å². The molecule has 0 unspecified atom stereocenters. The van der Waals surface area contributed by atoms with Crippen molar-refractivity contribution in [3.8, 4) is 0 Å². The molecular weight excluding hydrogens is 249 g/mol. The van der Waals surface area contributed by atoms with Crippen molar-refractivity contribution in [2.75, 3.05) is 0 Å². The Morgan fingerprint density at radius 3 is 2.78 bits per heavy atom. The molecule has 1 aromatic rings. The fourth-order valence-electron chi connectivity index (χ4n) is 2.21. The van der Waals surface area contributed by atoms with Crippen LogP contribution in [-0.4, -0.2) is 22.8 Å². The van der Waals surface area contributed by atoms with Crippen LogP contribution in [0, 0.1) is 0 Å². The van der Waals surface area contributed by atoms with Crippen molar-refractivity contribution >= 4 is 20.3 Å². The normalized spacial score (nSPS) is 19.5. The zero-order chi connectivity index (χ0) is 13.1. The summed E-state index contributed by atoms with van der Waals surface area (Å²) < 4.78 is 10.7. The van der Waals surface area contributed by atoms with Gasteiger partial charge in [-0.1, -0.05) is 18.2 Å². The molecule has 0 saturated carbocycles. The molecule has 0 aliphatic carbocycles. The Hall–Kier alpha value is -1.54. The number of likely N-dealkylation sites (tertiary alicyclic amines) is 1. The smallest absolute Gasteiger partial charge is 0.261 e. The lowest BCUT2D eigenvalue weighted by atomic mass is 10.1. The lowest BCUT2D eigenvalue weighted by Gasteiger charge is -2.20. The molecule has 1 fully saturated rings. The van der Waals surface area contributed by atoms with Gasteiger partial charge in [0.2, 0.25) is 5.91 Å². The Balaban J connectivity index is 2.33. The van der Waals surface area contributed by atoms with Gasteiger partial charge in [0, 0.05) is 18.0 Å². The van der Waals surface area contributed by atoms with Crippen LogP contribution in [0.1, 0.15) is 35.7 Å². The van der Waals surface area contributed by atoms with E-state index in [-0.39, 0.29) is 26.3 Å². The van der Waals surface area contributed by atoms with Gasteiger partial charge in [0.05, 0.1) is 6.16 Å². The molecule has 2 rings (SSSR count). The van der Waals surface area contributed by atoms with Gasteiger partial charge >= 0.3 is 0 Å². The van der Waals surface area contributed by atoms with Gasteiger partial charge in [0.25, 0.3) is 5.91 Å². The summed E-state index contributed by atoms with van der Waals surface area (Å²) in [5, 5.41) is 0. The molecule has 0 radical (unpaired) electrons. The first-order valence-corrected chi connectivity index (χ1v) is 6.88. The quantitative estimate of drug-likeness (QED) is 0.622. The van der Waals surface area contributed by atoms with Crippen molar-refractivity contribution in [3.63, 3.8) is 0 Å². The van der Waals surface area contributed by atoms with Crippen molar-refractivity contribution in [2.45, 2.75) is 32.0 Å². The predicted molar refractivity (Wildman–Crippen MR) is 67.6 cm³/mol. The number of hydrogen-bond acceptors (Lipinski definition) is 3. The summed E-state index contributed by atoms with van der Waals surface area (Å²) in [4.78, 5) is 25.4. The SMILES string of the molecule is C[C@@H]1CCC(=O)N1C(=O)c1ccccc1CP=O. The van der Waals surface area contributed by atoms with Gasteiger partial charge in [-0.25, -0.2) is 0 Å². The maximum Gasteiger partial charge on any atom is 0.261 e. The Morgan fingerprint density at radius 2 is 2.17 bits per heavy atom. The highest BCUT2D eigenvalue weighted by Crippen LogP contribution is 2.23. The van der Waals surface area contributed by atoms with Crippen LogP contribution in [0.4, 0.5) is 0 Å². The topological polar surface area (TPSA) is 54.5 Å². The second kappa shape index (κ2) is 5.40. The molecule has 2 amide bonds. The molecule has 4 nitrogen and oxygen atoms in total. The molecule has 18 heavy (non-hydrogen) atoms. The molecule has 1 saturated heterocycles. The zero-order valence-corrected chi connectivity index (χ0v) is 11.0. The summed E-state index contributed by atoms with van der Waals surface area (Å²) in [6, 6.07) is 6.95. The molecular formula is C13H14NO3P. The number of carbonyl (C=O) groups is 2. The van der Waals surface area contributed by atoms with Gasteiger partial charge in [0.1, 0.15) is 0 Å². The van der Waals surface area contributed by atoms with Gasteiger partial charge in [0.15, 0.2) is 8.46 Å². The van der Waals surface area contributed by atoms with E-state index in [2.05, 4.69) is 0 Å². The number of carbonyl (C=O) groups excluding carboxylic acids is 2. The number of hydrogen-bond donors (Lipinski definition) is 0. The lowest BCUT2D eigenvalue weighted by molar-refractivity contribution is -0.126. The first-order valence-electron chi connectivity index (χ1n) is 5.88. The van der Waals surface area contributed by atoms with Crippen LogP contribution in [0.25, 0.3) is 0 Å². The molecule has 0 aromatic heterocycles. The molecule has 0 bridgehead atoms. The molecule has 94 valence electrons. The minimum Gasteiger partial charge on any atom is -0.276 e. The maximum absolute atomic E-state index is 12.4. The largest absolute Gasteiger partial charge is 0.276 e. The molecule has 0 spiro atoms. The van der Waals surface area contributed by atoms with Crippen LogP contribution >= 0.6 is 8.46 Å². The monoisotopic (exact) mass is 263 g/mol. The molecule has 0 N–H and O–H groups in total. The molecule has 1 aromatic carbocycles. The summed E-state index contributed by atoms with van der Waals surface area (Å²) in [6.07, 6.45) is 1.43. The second-order valence-electron chi connectivity index (χ2n) is 4.40. The fraction of sp³-hybridized carbons (Fsp3) is 0.385. The Morgan fingerprint density at radius 1 is 1.44 bits per heavy atom. The second-order valence-corrected chi connectivity index (χ2v) is 4.98. The summed E-state index contributed by atoms with van der Waals surface area (Å²) in [6.45, 7) is 1.87. The van der Waals surface area contributed by atoms with Gasteiger partial charge in [-0.3, -0.25) is 19.1 Å². The molecule has 1 aliphatic rings. The van der Waals surface area contributed by atoms with Crippen LogP contribution in [0.15, 0.2) is 24.3 Å². The van der Waals surface area contributed by atoms with Crippen LogP contribution in [0.5, 0.6) is 0 Å². The number of amides is 2. The van der Waals surface area contributed by atoms with E-state index in [1.165, 1.54) is 4.90 Å². The Kier molecular flexibility index (Phi) is 3.87. The Labute approximate surface area is 107 Å². The average molecular weight is 263 g/mol. The molecule has 1 atom stereocenters. The van der Waals surface area contributed by atoms with Gasteiger partial charge in [-0.15, -0.1) is 0 Å². The van der Waals surface area contributed by atoms with E-state index < -0.39 is 0 Å². The lowest BCUT2D eigenvalue weighted by Crippen LogP contribution is -2.37. The molecule has 1 heterocycles. The van der Waals surface area contributed by atoms with Crippen LogP contribution in [0.2, 0.25) is 0 Å². The average Bonchev–Trinajstić information content (AvgIpc) is 2.69. The summed E-state index contributed by atoms with van der Waals surface area (Å²) in [5.74, 6) is -0.397. The minimum absolute atomic E-state index is 0.0292. The summed E-state index contributed by atoms with van der Waals surface area (Å²) in [5.41, 5.74) is 1.19. The minimum atomic E-state index is -0.274. The van der Waals surface area contributed by atoms with Gasteiger partial charge < -0.3 is 0 Å². The van der Waals surface area contributed by atoms with E-state index in [0.717, 1.165) is 0 Å². The third kappa shape index (κ3) is 2.34. The van der Waals surface area contributed by atoms with E-state index in [0.29, 0.717) is 30.1 Å². The number of rotatable bonds is 3. The highest BCUT2D eigenvalue weighted by molar-refractivity contribution is 7.22. The summed E-state index contributed by atoms with van der Waals surface area (Å²) >= 11 is 0. The van der Waals surface area contributed by atoms with Gasteiger partial charge in [-0.2, -0.15) is 0 Å².